The molecular formula is C13H24N4O. The largest absolute Gasteiger partial charge is 0.389 e. The number of aromatic nitrogens is 3. The maximum absolute atomic E-state index is 10.2. The molecule has 1 aliphatic heterocycles. The molecule has 1 aromatic heterocycles. The van der Waals surface area contributed by atoms with E-state index >= 15 is 0 Å². The third kappa shape index (κ3) is 2.57. The van der Waals surface area contributed by atoms with E-state index in [0.717, 1.165) is 44.1 Å². The molecule has 1 aromatic rings. The SMILES string of the molecule is CCn1c(C)nnc1CN1CCCC1C(C)(C)O. The lowest BCUT2D eigenvalue weighted by Crippen LogP contribution is -2.45. The molecule has 0 amide bonds. The van der Waals surface area contributed by atoms with Gasteiger partial charge >= 0.3 is 0 Å². The first-order chi connectivity index (χ1) is 8.43. The summed E-state index contributed by atoms with van der Waals surface area (Å²) in [5.74, 6) is 1.97. The highest BCUT2D eigenvalue weighted by molar-refractivity contribution is 4.98. The lowest BCUT2D eigenvalue weighted by Gasteiger charge is -2.33. The molecule has 1 N–H and O–H groups in total. The minimum absolute atomic E-state index is 0.222. The quantitative estimate of drug-likeness (QED) is 0.878. The highest BCUT2D eigenvalue weighted by Gasteiger charge is 2.36. The molecule has 1 unspecified atom stereocenters. The Kier molecular flexibility index (Phi) is 3.73. The standard InChI is InChI=1S/C13H24N4O/c1-5-17-10(2)14-15-12(17)9-16-8-6-7-11(16)13(3,4)18/h11,18H,5-9H2,1-4H3. The summed E-state index contributed by atoms with van der Waals surface area (Å²) in [6.45, 7) is 10.6. The first-order valence-corrected chi connectivity index (χ1v) is 6.78. The Balaban J connectivity index is 2.13. The van der Waals surface area contributed by atoms with E-state index in [1.54, 1.807) is 0 Å². The fraction of sp³-hybridized carbons (Fsp3) is 0.846. The van der Waals surface area contributed by atoms with Crippen LogP contribution in [0, 0.1) is 6.92 Å². The summed E-state index contributed by atoms with van der Waals surface area (Å²) in [4.78, 5) is 2.33. The Hall–Kier alpha value is -0.940. The molecule has 1 saturated heterocycles. The number of aliphatic hydroxyl groups is 1. The van der Waals surface area contributed by atoms with Gasteiger partial charge in [0.15, 0.2) is 0 Å². The molecule has 0 saturated carbocycles. The Labute approximate surface area is 109 Å². The van der Waals surface area contributed by atoms with Crippen molar-refractivity contribution in [3.8, 4) is 0 Å². The van der Waals surface area contributed by atoms with Crippen molar-refractivity contribution in [3.05, 3.63) is 11.6 Å². The molecule has 1 atom stereocenters. The maximum atomic E-state index is 10.2. The van der Waals surface area contributed by atoms with Crippen LogP contribution in [-0.2, 0) is 13.1 Å². The summed E-state index contributed by atoms with van der Waals surface area (Å²) < 4.78 is 2.14. The van der Waals surface area contributed by atoms with Crippen LogP contribution in [0.25, 0.3) is 0 Å². The summed E-state index contributed by atoms with van der Waals surface area (Å²) in [6.07, 6.45) is 2.21. The van der Waals surface area contributed by atoms with E-state index in [1.165, 1.54) is 0 Å². The number of hydrogen-bond acceptors (Lipinski definition) is 4. The normalized spacial score (nSPS) is 21.7. The van der Waals surface area contributed by atoms with Crippen LogP contribution < -0.4 is 0 Å². The minimum Gasteiger partial charge on any atom is -0.389 e. The maximum Gasteiger partial charge on any atom is 0.147 e. The Bertz CT molecular complexity index is 408. The van der Waals surface area contributed by atoms with Crippen LogP contribution in [0.3, 0.4) is 0 Å². The van der Waals surface area contributed by atoms with Gasteiger partial charge in [0.25, 0.3) is 0 Å². The van der Waals surface area contributed by atoms with E-state index in [9.17, 15) is 5.11 Å². The summed E-state index contributed by atoms with van der Waals surface area (Å²) in [5, 5.41) is 18.6. The zero-order valence-electron chi connectivity index (χ0n) is 11.8. The van der Waals surface area contributed by atoms with Gasteiger partial charge in [0.2, 0.25) is 0 Å². The fourth-order valence-corrected chi connectivity index (χ4v) is 2.95. The van der Waals surface area contributed by atoms with Crippen molar-refractivity contribution in [2.75, 3.05) is 6.54 Å². The van der Waals surface area contributed by atoms with E-state index < -0.39 is 5.60 Å². The number of aryl methyl sites for hydroxylation is 1. The van der Waals surface area contributed by atoms with Crippen molar-refractivity contribution in [3.63, 3.8) is 0 Å². The second kappa shape index (κ2) is 4.97. The van der Waals surface area contributed by atoms with Crippen LogP contribution >= 0.6 is 0 Å². The van der Waals surface area contributed by atoms with E-state index in [0.29, 0.717) is 0 Å². The van der Waals surface area contributed by atoms with Gasteiger partial charge in [-0.15, -0.1) is 10.2 Å². The molecule has 5 heteroatoms. The van der Waals surface area contributed by atoms with Gasteiger partial charge in [-0.1, -0.05) is 0 Å². The highest BCUT2D eigenvalue weighted by Crippen LogP contribution is 2.27. The smallest absolute Gasteiger partial charge is 0.147 e. The van der Waals surface area contributed by atoms with Gasteiger partial charge in [0.05, 0.1) is 12.1 Å². The molecule has 1 fully saturated rings. The van der Waals surface area contributed by atoms with Crippen molar-refractivity contribution in [1.82, 2.24) is 19.7 Å². The summed E-state index contributed by atoms with van der Waals surface area (Å²) in [6, 6.07) is 0.222. The molecule has 0 aromatic carbocycles. The topological polar surface area (TPSA) is 54.2 Å². The van der Waals surface area contributed by atoms with Crippen LogP contribution in [0.4, 0.5) is 0 Å². The summed E-state index contributed by atoms with van der Waals surface area (Å²) in [7, 11) is 0. The van der Waals surface area contributed by atoms with E-state index in [4.69, 9.17) is 0 Å². The lowest BCUT2D eigenvalue weighted by molar-refractivity contribution is -0.00606. The highest BCUT2D eigenvalue weighted by atomic mass is 16.3. The Morgan fingerprint density at radius 1 is 1.39 bits per heavy atom. The molecule has 2 heterocycles. The predicted molar refractivity (Wildman–Crippen MR) is 70.2 cm³/mol. The lowest BCUT2D eigenvalue weighted by atomic mass is 9.97. The zero-order chi connectivity index (χ0) is 13.3. The van der Waals surface area contributed by atoms with Gasteiger partial charge in [0.1, 0.15) is 11.6 Å². The van der Waals surface area contributed by atoms with Crippen molar-refractivity contribution < 1.29 is 5.11 Å². The van der Waals surface area contributed by atoms with Gasteiger partial charge < -0.3 is 9.67 Å². The molecule has 5 nitrogen and oxygen atoms in total. The van der Waals surface area contributed by atoms with Crippen LogP contribution in [0.2, 0.25) is 0 Å². The zero-order valence-corrected chi connectivity index (χ0v) is 11.8. The first-order valence-electron chi connectivity index (χ1n) is 6.78. The van der Waals surface area contributed by atoms with Gasteiger partial charge in [-0.3, -0.25) is 4.90 Å². The van der Waals surface area contributed by atoms with Crippen molar-refractivity contribution in [2.45, 2.75) is 65.3 Å². The minimum atomic E-state index is -0.650. The second-order valence-corrected chi connectivity index (χ2v) is 5.69. The van der Waals surface area contributed by atoms with Crippen LogP contribution in [-0.4, -0.2) is 43.0 Å². The van der Waals surface area contributed by atoms with E-state index in [-0.39, 0.29) is 6.04 Å². The first kappa shape index (κ1) is 13.5. The Morgan fingerprint density at radius 3 is 2.72 bits per heavy atom. The number of rotatable bonds is 4. The second-order valence-electron chi connectivity index (χ2n) is 5.69. The molecule has 0 aliphatic carbocycles. The molecule has 18 heavy (non-hydrogen) atoms. The molecule has 102 valence electrons. The van der Waals surface area contributed by atoms with Gasteiger partial charge in [-0.05, 0) is 47.1 Å². The van der Waals surface area contributed by atoms with Crippen molar-refractivity contribution >= 4 is 0 Å². The third-order valence-corrected chi connectivity index (χ3v) is 3.85. The van der Waals surface area contributed by atoms with Crippen molar-refractivity contribution in [1.29, 1.82) is 0 Å². The van der Waals surface area contributed by atoms with Crippen LogP contribution in [0.5, 0.6) is 0 Å². The van der Waals surface area contributed by atoms with Crippen LogP contribution in [0.15, 0.2) is 0 Å². The molecule has 1 aliphatic rings. The van der Waals surface area contributed by atoms with Gasteiger partial charge in [-0.2, -0.15) is 0 Å². The average molecular weight is 252 g/mol. The predicted octanol–water partition coefficient (Wildman–Crippen LogP) is 1.34. The van der Waals surface area contributed by atoms with E-state index in [2.05, 4.69) is 26.6 Å². The van der Waals surface area contributed by atoms with Gasteiger partial charge in [-0.25, -0.2) is 0 Å². The molecule has 2 rings (SSSR count). The molecule has 0 spiro atoms. The fourth-order valence-electron chi connectivity index (χ4n) is 2.95. The molecule has 0 bridgehead atoms. The number of nitrogens with zero attached hydrogens (tertiary/aromatic N) is 4. The number of likely N-dealkylation sites (tertiary alicyclic amines) is 1. The summed E-state index contributed by atoms with van der Waals surface area (Å²) >= 11 is 0. The van der Waals surface area contributed by atoms with E-state index in [1.807, 2.05) is 20.8 Å². The number of hydrogen-bond donors (Lipinski definition) is 1. The molecular weight excluding hydrogens is 228 g/mol. The Morgan fingerprint density at radius 2 is 2.11 bits per heavy atom. The average Bonchev–Trinajstić information content (AvgIpc) is 2.85. The van der Waals surface area contributed by atoms with Crippen LogP contribution in [0.1, 0.15) is 45.3 Å². The monoisotopic (exact) mass is 252 g/mol. The molecule has 0 radical (unpaired) electrons. The summed E-state index contributed by atoms with van der Waals surface area (Å²) in [5.41, 5.74) is -0.650. The van der Waals surface area contributed by atoms with Gasteiger partial charge in [0, 0.05) is 12.6 Å². The van der Waals surface area contributed by atoms with Crippen molar-refractivity contribution in [2.24, 2.45) is 0 Å². The third-order valence-electron chi connectivity index (χ3n) is 3.85.